The number of hydrogen-bond acceptors (Lipinski definition) is 5. The molecule has 0 unspecified atom stereocenters. The molecule has 0 aliphatic carbocycles. The molecule has 7 heteroatoms. The van der Waals surface area contributed by atoms with E-state index in [4.69, 9.17) is 16.3 Å². The van der Waals surface area contributed by atoms with Crippen molar-refractivity contribution >= 4 is 23.7 Å². The van der Waals surface area contributed by atoms with Crippen molar-refractivity contribution in [2.45, 2.75) is 6.61 Å². The molecule has 0 fully saturated rings. The van der Waals surface area contributed by atoms with E-state index in [-0.39, 0.29) is 23.9 Å². The topological polar surface area (TPSA) is 77.5 Å². The maximum Gasteiger partial charge on any atom is 0.408 e. The summed E-state index contributed by atoms with van der Waals surface area (Å²) >= 11 is 5.93. The van der Waals surface area contributed by atoms with E-state index in [2.05, 4.69) is 26.9 Å². The summed E-state index contributed by atoms with van der Waals surface area (Å²) in [6.45, 7) is 0.240. The summed E-state index contributed by atoms with van der Waals surface area (Å²) in [6.07, 6.45) is 0.726. The second-order valence-corrected chi connectivity index (χ2v) is 5.13. The molecule has 2 aromatic rings. The molecule has 0 radical (unpaired) electrons. The number of methoxy groups -OCH3 is 1. The quantitative estimate of drug-likeness (QED) is 0.516. The number of carbonyl (C=O) groups is 2. The van der Waals surface area contributed by atoms with Crippen LogP contribution >= 0.6 is 11.6 Å². The van der Waals surface area contributed by atoms with Crippen molar-refractivity contribution in [1.82, 2.24) is 10.3 Å². The minimum absolute atomic E-state index is 0.0619. The van der Waals surface area contributed by atoms with Gasteiger partial charge in [-0.05, 0) is 11.6 Å². The van der Waals surface area contributed by atoms with E-state index in [0.717, 1.165) is 5.56 Å². The van der Waals surface area contributed by atoms with Gasteiger partial charge >= 0.3 is 12.1 Å². The number of alkyl carbamates (subject to hydrolysis) is 1. The Bertz CT molecular complexity index is 813. The molecule has 1 amide bonds. The van der Waals surface area contributed by atoms with E-state index in [1.165, 1.54) is 19.4 Å². The first-order valence-electron chi connectivity index (χ1n) is 7.27. The average Bonchev–Trinajstić information content (AvgIpc) is 2.65. The third-order valence-corrected chi connectivity index (χ3v) is 3.32. The normalized spacial score (nSPS) is 9.52. The molecule has 0 aliphatic rings. The fourth-order valence-corrected chi connectivity index (χ4v) is 1.95. The fraction of sp³-hybridized carbons (Fsp3) is 0.167. The van der Waals surface area contributed by atoms with Gasteiger partial charge in [-0.3, -0.25) is 0 Å². The van der Waals surface area contributed by atoms with E-state index >= 15 is 0 Å². The summed E-state index contributed by atoms with van der Waals surface area (Å²) in [7, 11) is 1.27. The van der Waals surface area contributed by atoms with Crippen LogP contribution in [0.4, 0.5) is 4.79 Å². The van der Waals surface area contributed by atoms with Gasteiger partial charge in [-0.1, -0.05) is 53.8 Å². The lowest BCUT2D eigenvalue weighted by atomic mass is 10.2. The molecule has 25 heavy (non-hydrogen) atoms. The second-order valence-electron chi connectivity index (χ2n) is 4.77. The predicted molar refractivity (Wildman–Crippen MR) is 92.1 cm³/mol. The summed E-state index contributed by atoms with van der Waals surface area (Å²) < 4.78 is 9.66. The maximum absolute atomic E-state index is 11.6. The van der Waals surface area contributed by atoms with Gasteiger partial charge in [0.2, 0.25) is 0 Å². The number of rotatable bonds is 4. The number of aromatic nitrogens is 1. The summed E-state index contributed by atoms with van der Waals surface area (Å²) in [4.78, 5) is 26.9. The van der Waals surface area contributed by atoms with Gasteiger partial charge in [0.05, 0.1) is 24.8 Å². The highest BCUT2D eigenvalue weighted by Crippen LogP contribution is 2.13. The van der Waals surface area contributed by atoms with E-state index in [1.807, 2.05) is 30.3 Å². The van der Waals surface area contributed by atoms with Crippen LogP contribution in [0.5, 0.6) is 0 Å². The minimum atomic E-state index is -0.578. The molecule has 0 saturated carbocycles. The number of nitrogens with one attached hydrogen (secondary N) is 1. The Labute approximate surface area is 150 Å². The molecule has 0 saturated heterocycles. The van der Waals surface area contributed by atoms with Crippen molar-refractivity contribution in [3.63, 3.8) is 0 Å². The summed E-state index contributed by atoms with van der Waals surface area (Å²) in [5.41, 5.74) is 1.50. The van der Waals surface area contributed by atoms with Crippen LogP contribution in [-0.2, 0) is 16.1 Å². The molecule has 1 N–H and O–H groups in total. The fourth-order valence-electron chi connectivity index (χ4n) is 1.80. The largest absolute Gasteiger partial charge is 0.465 e. The lowest BCUT2D eigenvalue weighted by molar-refractivity contribution is 0.0600. The number of pyridine rings is 1. The van der Waals surface area contributed by atoms with Crippen LogP contribution in [-0.4, -0.2) is 30.7 Å². The van der Waals surface area contributed by atoms with Crippen molar-refractivity contribution < 1.29 is 19.1 Å². The number of benzene rings is 1. The van der Waals surface area contributed by atoms with E-state index in [0.29, 0.717) is 5.56 Å². The zero-order valence-electron chi connectivity index (χ0n) is 13.4. The van der Waals surface area contributed by atoms with Crippen molar-refractivity contribution in [3.05, 3.63) is 64.4 Å². The second kappa shape index (κ2) is 9.30. The first-order valence-corrected chi connectivity index (χ1v) is 7.65. The SMILES string of the molecule is COC(=O)c1cnc(Cl)c(C#CCNC(=O)OCc2ccccc2)c1. The third-order valence-electron chi connectivity index (χ3n) is 3.02. The van der Waals surface area contributed by atoms with Crippen molar-refractivity contribution in [1.29, 1.82) is 0 Å². The Balaban J connectivity index is 1.86. The summed E-state index contributed by atoms with van der Waals surface area (Å²) in [6, 6.07) is 10.8. The first-order chi connectivity index (χ1) is 12.1. The van der Waals surface area contributed by atoms with Gasteiger partial charge in [0.25, 0.3) is 0 Å². The lowest BCUT2D eigenvalue weighted by Crippen LogP contribution is -2.24. The molecule has 1 heterocycles. The summed E-state index contributed by atoms with van der Waals surface area (Å²) in [5, 5.41) is 2.66. The Hall–Kier alpha value is -3.04. The molecule has 0 spiro atoms. The molecule has 2 rings (SSSR count). The molecule has 0 aliphatic heterocycles. The van der Waals surface area contributed by atoms with E-state index in [9.17, 15) is 9.59 Å². The molecule has 0 bridgehead atoms. The highest BCUT2D eigenvalue weighted by atomic mass is 35.5. The zero-order chi connectivity index (χ0) is 18.1. The zero-order valence-corrected chi connectivity index (χ0v) is 14.2. The number of halogens is 1. The molecular formula is C18H15ClN2O4. The number of carbonyl (C=O) groups excluding carboxylic acids is 2. The highest BCUT2D eigenvalue weighted by Gasteiger charge is 2.08. The molecule has 0 atom stereocenters. The van der Waals surface area contributed by atoms with Gasteiger partial charge in [-0.15, -0.1) is 0 Å². The van der Waals surface area contributed by atoms with Gasteiger partial charge < -0.3 is 14.8 Å². The predicted octanol–water partition coefficient (Wildman–Crippen LogP) is 2.80. The number of hydrogen-bond donors (Lipinski definition) is 1. The molecule has 6 nitrogen and oxygen atoms in total. The van der Waals surface area contributed by atoms with Crippen LogP contribution in [0.1, 0.15) is 21.5 Å². The van der Waals surface area contributed by atoms with Gasteiger partial charge in [-0.25, -0.2) is 14.6 Å². The Morgan fingerprint density at radius 1 is 1.28 bits per heavy atom. The first kappa shape index (κ1) is 18.3. The molecule has 1 aromatic heterocycles. The van der Waals surface area contributed by atoms with Crippen LogP contribution in [0.3, 0.4) is 0 Å². The Kier molecular flexibility index (Phi) is 6.81. The van der Waals surface area contributed by atoms with Gasteiger partial charge in [0.1, 0.15) is 11.8 Å². The van der Waals surface area contributed by atoms with E-state index < -0.39 is 12.1 Å². The van der Waals surface area contributed by atoms with Crippen LogP contribution in [0.15, 0.2) is 42.6 Å². The van der Waals surface area contributed by atoms with E-state index in [1.54, 1.807) is 0 Å². The molecular weight excluding hydrogens is 344 g/mol. The smallest absolute Gasteiger partial charge is 0.408 e. The molecule has 1 aromatic carbocycles. The van der Waals surface area contributed by atoms with Gasteiger partial charge in [-0.2, -0.15) is 0 Å². The molecule has 128 valence electrons. The monoisotopic (exact) mass is 358 g/mol. The number of amides is 1. The number of esters is 1. The van der Waals surface area contributed by atoms with Gasteiger partial charge in [0, 0.05) is 6.20 Å². The van der Waals surface area contributed by atoms with Crippen LogP contribution in [0.25, 0.3) is 0 Å². The number of nitrogens with zero attached hydrogens (tertiary/aromatic N) is 1. The Morgan fingerprint density at radius 3 is 2.76 bits per heavy atom. The maximum atomic E-state index is 11.6. The van der Waals surface area contributed by atoms with Crippen molar-refractivity contribution in [3.8, 4) is 11.8 Å². The van der Waals surface area contributed by atoms with Gasteiger partial charge in [0.15, 0.2) is 0 Å². The van der Waals surface area contributed by atoms with Crippen LogP contribution < -0.4 is 5.32 Å². The minimum Gasteiger partial charge on any atom is -0.465 e. The van der Waals surface area contributed by atoms with Crippen molar-refractivity contribution in [2.24, 2.45) is 0 Å². The van der Waals surface area contributed by atoms with Crippen LogP contribution in [0, 0.1) is 11.8 Å². The Morgan fingerprint density at radius 2 is 2.04 bits per heavy atom. The highest BCUT2D eigenvalue weighted by molar-refractivity contribution is 6.30. The summed E-state index contributed by atoms with van der Waals surface area (Å²) in [5.74, 6) is 4.92. The van der Waals surface area contributed by atoms with Crippen molar-refractivity contribution in [2.75, 3.05) is 13.7 Å². The third kappa shape index (κ3) is 5.83. The number of ether oxygens (including phenoxy) is 2. The average molecular weight is 359 g/mol. The lowest BCUT2D eigenvalue weighted by Gasteiger charge is -2.04. The standard InChI is InChI=1S/C18H15ClN2O4/c1-24-17(22)15-10-14(16(19)21-11-15)8-5-9-20-18(23)25-12-13-6-3-2-4-7-13/h2-4,6-7,10-11H,9,12H2,1H3,(H,20,23). The van der Waals surface area contributed by atoms with Crippen LogP contribution in [0.2, 0.25) is 5.15 Å².